The van der Waals surface area contributed by atoms with Crippen LogP contribution in [0.1, 0.15) is 18.5 Å². The van der Waals surface area contributed by atoms with Crippen LogP contribution in [0.5, 0.6) is 11.5 Å². The summed E-state index contributed by atoms with van der Waals surface area (Å²) < 4.78 is 19.4. The normalized spacial score (nSPS) is 11.7. The maximum Gasteiger partial charge on any atom is 0.166 e. The van der Waals surface area contributed by atoms with E-state index in [1.165, 1.54) is 12.3 Å². The van der Waals surface area contributed by atoms with Crippen LogP contribution in [0.4, 0.5) is 4.39 Å². The topological polar surface area (TPSA) is 34.1 Å². The molecule has 0 spiro atoms. The van der Waals surface area contributed by atoms with Gasteiger partial charge in [0.25, 0.3) is 0 Å². The number of benzene rings is 1. The van der Waals surface area contributed by atoms with Crippen molar-refractivity contribution in [1.82, 2.24) is 10.3 Å². The van der Waals surface area contributed by atoms with Crippen molar-refractivity contribution in [2.45, 2.75) is 13.0 Å². The molecule has 0 aliphatic heterocycles. The molecule has 1 aromatic carbocycles. The Balaban J connectivity index is 2.12. The van der Waals surface area contributed by atoms with Gasteiger partial charge < -0.3 is 4.74 Å². The fourth-order valence-corrected chi connectivity index (χ4v) is 1.73. The van der Waals surface area contributed by atoms with Gasteiger partial charge in [0.2, 0.25) is 0 Å². The predicted molar refractivity (Wildman–Crippen MR) is 76.0 cm³/mol. The summed E-state index contributed by atoms with van der Waals surface area (Å²) in [6.07, 6.45) is 8.34. The van der Waals surface area contributed by atoms with Crippen LogP contribution in [0.25, 0.3) is 0 Å². The number of terminal acetylenes is 1. The summed E-state index contributed by atoms with van der Waals surface area (Å²) in [5.41, 5.74) is 0.816. The van der Waals surface area contributed by atoms with E-state index in [2.05, 4.69) is 16.2 Å². The second-order valence-corrected chi connectivity index (χ2v) is 4.29. The average Bonchev–Trinajstić information content (AvgIpc) is 2.48. The largest absolute Gasteiger partial charge is 0.453 e. The van der Waals surface area contributed by atoms with Crippen LogP contribution in [-0.2, 0) is 0 Å². The SMILES string of the molecule is C#CCNC(C)c1ccc(Oc2cccnc2)c(F)c1. The van der Waals surface area contributed by atoms with Crippen LogP contribution < -0.4 is 10.1 Å². The molecule has 1 N–H and O–H groups in total. The molecule has 4 heteroatoms. The molecule has 0 amide bonds. The first-order valence-corrected chi connectivity index (χ1v) is 6.25. The molecule has 1 heterocycles. The molecule has 20 heavy (non-hydrogen) atoms. The van der Waals surface area contributed by atoms with Gasteiger partial charge in [-0.25, -0.2) is 4.39 Å². The first-order chi connectivity index (χ1) is 9.70. The minimum atomic E-state index is -0.416. The number of nitrogens with zero attached hydrogens (tertiary/aromatic N) is 1. The van der Waals surface area contributed by atoms with Gasteiger partial charge in [0, 0.05) is 12.2 Å². The molecule has 1 unspecified atom stereocenters. The Kier molecular flexibility index (Phi) is 4.70. The lowest BCUT2D eigenvalue weighted by Crippen LogP contribution is -2.18. The van der Waals surface area contributed by atoms with Gasteiger partial charge >= 0.3 is 0 Å². The average molecular weight is 270 g/mol. The fraction of sp³-hybridized carbons (Fsp3) is 0.188. The van der Waals surface area contributed by atoms with Crippen LogP contribution in [0.15, 0.2) is 42.7 Å². The van der Waals surface area contributed by atoms with E-state index in [-0.39, 0.29) is 11.8 Å². The Hall–Kier alpha value is -2.38. The predicted octanol–water partition coefficient (Wildman–Crippen LogP) is 3.30. The molecule has 0 fully saturated rings. The molecular formula is C16H15FN2O. The lowest BCUT2D eigenvalue weighted by Gasteiger charge is -2.14. The van der Waals surface area contributed by atoms with Gasteiger partial charge in [0.05, 0.1) is 12.7 Å². The first kappa shape index (κ1) is 14.0. The van der Waals surface area contributed by atoms with E-state index < -0.39 is 5.82 Å². The van der Waals surface area contributed by atoms with E-state index in [9.17, 15) is 4.39 Å². The summed E-state index contributed by atoms with van der Waals surface area (Å²) >= 11 is 0. The summed E-state index contributed by atoms with van der Waals surface area (Å²) in [7, 11) is 0. The maximum absolute atomic E-state index is 14.0. The highest BCUT2D eigenvalue weighted by Crippen LogP contribution is 2.26. The summed E-state index contributed by atoms with van der Waals surface area (Å²) in [5, 5.41) is 3.09. The third-order valence-corrected chi connectivity index (χ3v) is 2.83. The molecule has 1 aromatic heterocycles. The van der Waals surface area contributed by atoms with Crippen LogP contribution in [-0.4, -0.2) is 11.5 Å². The fourth-order valence-electron chi connectivity index (χ4n) is 1.73. The van der Waals surface area contributed by atoms with Crippen LogP contribution in [0.3, 0.4) is 0 Å². The molecule has 0 bridgehead atoms. The quantitative estimate of drug-likeness (QED) is 0.846. The van der Waals surface area contributed by atoms with Crippen LogP contribution >= 0.6 is 0 Å². The third kappa shape index (κ3) is 3.56. The molecule has 0 aliphatic rings. The van der Waals surface area contributed by atoms with Crippen molar-refractivity contribution in [1.29, 1.82) is 0 Å². The molecule has 0 saturated heterocycles. The summed E-state index contributed by atoms with van der Waals surface area (Å²) in [4.78, 5) is 3.91. The standard InChI is InChI=1S/C16H15FN2O/c1-3-8-19-12(2)13-6-7-16(15(17)10-13)20-14-5-4-9-18-11-14/h1,4-7,9-12,19H,8H2,2H3. The smallest absolute Gasteiger partial charge is 0.166 e. The van der Waals surface area contributed by atoms with Gasteiger partial charge in [-0.1, -0.05) is 12.0 Å². The first-order valence-electron chi connectivity index (χ1n) is 6.25. The van der Waals surface area contributed by atoms with Crippen molar-refractivity contribution in [3.05, 3.63) is 54.1 Å². The number of hydrogen-bond acceptors (Lipinski definition) is 3. The molecule has 0 radical (unpaired) electrons. The van der Waals surface area contributed by atoms with Gasteiger partial charge in [-0.05, 0) is 36.8 Å². The monoisotopic (exact) mass is 270 g/mol. The van der Waals surface area contributed by atoms with E-state index in [4.69, 9.17) is 11.2 Å². The Labute approximate surface area is 117 Å². The minimum Gasteiger partial charge on any atom is -0.453 e. The number of hydrogen-bond donors (Lipinski definition) is 1. The van der Waals surface area contributed by atoms with E-state index in [1.807, 2.05) is 13.0 Å². The summed E-state index contributed by atoms with van der Waals surface area (Å²) in [6, 6.07) is 8.28. The van der Waals surface area contributed by atoms with Crippen molar-refractivity contribution in [2.75, 3.05) is 6.54 Å². The van der Waals surface area contributed by atoms with E-state index in [0.717, 1.165) is 5.56 Å². The van der Waals surface area contributed by atoms with Crippen molar-refractivity contribution in [3.63, 3.8) is 0 Å². The third-order valence-electron chi connectivity index (χ3n) is 2.83. The molecular weight excluding hydrogens is 255 g/mol. The molecule has 102 valence electrons. The summed E-state index contributed by atoms with van der Waals surface area (Å²) in [5.74, 6) is 2.74. The van der Waals surface area contributed by atoms with Gasteiger partial charge in [0.1, 0.15) is 5.75 Å². The van der Waals surface area contributed by atoms with E-state index in [1.54, 1.807) is 24.4 Å². The van der Waals surface area contributed by atoms with E-state index in [0.29, 0.717) is 12.3 Å². The van der Waals surface area contributed by atoms with Crippen LogP contribution in [0.2, 0.25) is 0 Å². The van der Waals surface area contributed by atoms with Crippen molar-refractivity contribution in [2.24, 2.45) is 0 Å². The minimum absolute atomic E-state index is 0.0204. The highest BCUT2D eigenvalue weighted by Gasteiger charge is 2.10. The molecule has 2 aromatic rings. The van der Waals surface area contributed by atoms with Gasteiger partial charge in [0.15, 0.2) is 11.6 Å². The zero-order valence-corrected chi connectivity index (χ0v) is 11.1. The van der Waals surface area contributed by atoms with Crippen LogP contribution in [0, 0.1) is 18.2 Å². The van der Waals surface area contributed by atoms with Crippen molar-refractivity contribution >= 4 is 0 Å². The van der Waals surface area contributed by atoms with Crippen molar-refractivity contribution < 1.29 is 9.13 Å². The number of aromatic nitrogens is 1. The number of ether oxygens (including phenoxy) is 1. The Bertz CT molecular complexity index is 608. The van der Waals surface area contributed by atoms with Crippen molar-refractivity contribution in [3.8, 4) is 23.8 Å². The zero-order valence-electron chi connectivity index (χ0n) is 11.1. The van der Waals surface area contributed by atoms with Gasteiger partial charge in [-0.15, -0.1) is 6.42 Å². The maximum atomic E-state index is 14.0. The molecule has 0 aliphatic carbocycles. The Morgan fingerprint density at radius 2 is 2.30 bits per heavy atom. The molecule has 2 rings (SSSR count). The molecule has 0 saturated carbocycles. The Morgan fingerprint density at radius 3 is 2.95 bits per heavy atom. The second kappa shape index (κ2) is 6.69. The second-order valence-electron chi connectivity index (χ2n) is 4.29. The van der Waals surface area contributed by atoms with Gasteiger partial charge in [-0.3, -0.25) is 10.3 Å². The number of rotatable bonds is 5. The number of nitrogens with one attached hydrogen (secondary N) is 1. The van der Waals surface area contributed by atoms with E-state index >= 15 is 0 Å². The van der Waals surface area contributed by atoms with Gasteiger partial charge in [-0.2, -0.15) is 0 Å². The highest BCUT2D eigenvalue weighted by atomic mass is 19.1. The number of halogens is 1. The number of pyridine rings is 1. The molecule has 1 atom stereocenters. The molecule has 3 nitrogen and oxygen atoms in total. The summed E-state index contributed by atoms with van der Waals surface area (Å²) in [6.45, 7) is 2.37. The lowest BCUT2D eigenvalue weighted by atomic mass is 10.1. The lowest BCUT2D eigenvalue weighted by molar-refractivity contribution is 0.439. The highest BCUT2D eigenvalue weighted by molar-refractivity contribution is 5.34. The Morgan fingerprint density at radius 1 is 1.45 bits per heavy atom. The zero-order chi connectivity index (χ0) is 14.4.